The fourth-order valence-corrected chi connectivity index (χ4v) is 4.81. The number of amides is 1. The molecule has 0 aliphatic heterocycles. The van der Waals surface area contributed by atoms with Crippen molar-refractivity contribution < 1.29 is 53.4 Å². The van der Waals surface area contributed by atoms with Crippen molar-refractivity contribution in [2.24, 2.45) is 0 Å². The van der Waals surface area contributed by atoms with E-state index in [1.165, 1.54) is 26.0 Å². The fourth-order valence-electron chi connectivity index (χ4n) is 4.39. The number of ether oxygens (including phenoxy) is 1. The zero-order chi connectivity index (χ0) is 32.9. The van der Waals surface area contributed by atoms with E-state index in [1.807, 2.05) is 0 Å². The lowest BCUT2D eigenvalue weighted by molar-refractivity contribution is -0.274. The van der Waals surface area contributed by atoms with Gasteiger partial charge in [0.15, 0.2) is 5.82 Å². The number of pyridine rings is 1. The summed E-state index contributed by atoms with van der Waals surface area (Å²) in [4.78, 5) is 17.7. The third-order valence-electron chi connectivity index (χ3n) is 6.52. The maximum atomic E-state index is 15.9. The molecule has 1 heterocycles. The van der Waals surface area contributed by atoms with Crippen LogP contribution >= 0.6 is 9.24 Å². The molecule has 0 spiro atoms. The molecule has 2 unspecified atom stereocenters. The molecule has 2 atom stereocenters. The van der Waals surface area contributed by atoms with Crippen LogP contribution in [0.5, 0.6) is 5.75 Å². The van der Waals surface area contributed by atoms with Crippen molar-refractivity contribution in [3.63, 3.8) is 0 Å². The van der Waals surface area contributed by atoms with E-state index < -0.39 is 74.7 Å². The van der Waals surface area contributed by atoms with Crippen LogP contribution in [0.2, 0.25) is 0 Å². The zero-order valence-corrected chi connectivity index (χ0v) is 24.3. The highest BCUT2D eigenvalue weighted by Crippen LogP contribution is 2.56. The van der Waals surface area contributed by atoms with Crippen LogP contribution in [0.15, 0.2) is 48.7 Å². The molecule has 0 radical (unpaired) electrons. The van der Waals surface area contributed by atoms with E-state index in [-0.39, 0.29) is 24.2 Å². The van der Waals surface area contributed by atoms with Crippen LogP contribution in [0.4, 0.5) is 49.6 Å². The van der Waals surface area contributed by atoms with Crippen LogP contribution < -0.4 is 9.64 Å². The molecule has 4 nitrogen and oxygen atoms in total. The van der Waals surface area contributed by atoms with Crippen LogP contribution in [-0.4, -0.2) is 35.9 Å². The summed E-state index contributed by atoms with van der Waals surface area (Å²) in [5.41, 5.74) is -15.5. The minimum atomic E-state index is -5.54. The van der Waals surface area contributed by atoms with Crippen LogP contribution in [0, 0.1) is 12.7 Å². The Morgan fingerprint density at radius 1 is 0.930 bits per heavy atom. The Labute approximate surface area is 242 Å². The van der Waals surface area contributed by atoms with Gasteiger partial charge in [-0.3, -0.25) is 9.78 Å². The van der Waals surface area contributed by atoms with Gasteiger partial charge >= 0.3 is 12.0 Å². The smallest absolute Gasteiger partial charge is 0.405 e. The van der Waals surface area contributed by atoms with Crippen molar-refractivity contribution in [2.75, 3.05) is 11.9 Å². The van der Waals surface area contributed by atoms with E-state index >= 15 is 8.78 Å². The topological polar surface area (TPSA) is 42.4 Å². The largest absolute Gasteiger partial charge is 0.573 e. The van der Waals surface area contributed by atoms with Gasteiger partial charge in [0.1, 0.15) is 11.4 Å². The minimum Gasteiger partial charge on any atom is -0.405 e. The summed E-state index contributed by atoms with van der Waals surface area (Å²) in [5.74, 6) is -8.38. The molecular formula is C28H25F10N2O2P. The van der Waals surface area contributed by atoms with E-state index in [9.17, 15) is 39.9 Å². The molecule has 0 saturated heterocycles. The van der Waals surface area contributed by atoms with Gasteiger partial charge in [-0.2, -0.15) is 8.78 Å². The van der Waals surface area contributed by atoms with Gasteiger partial charge in [0.2, 0.25) is 0 Å². The summed E-state index contributed by atoms with van der Waals surface area (Å²) in [7, 11) is 1.73. The molecule has 0 N–H and O–H groups in total. The molecule has 1 amide bonds. The summed E-state index contributed by atoms with van der Waals surface area (Å²) in [6.07, 6.45) is -4.49. The van der Waals surface area contributed by atoms with Crippen LogP contribution in [0.3, 0.4) is 0 Å². The lowest BCUT2D eigenvalue weighted by Crippen LogP contribution is -2.50. The van der Waals surface area contributed by atoms with E-state index in [2.05, 4.69) is 9.72 Å². The number of hydrogen-bond donors (Lipinski definition) is 0. The van der Waals surface area contributed by atoms with E-state index in [4.69, 9.17) is 0 Å². The first-order valence-electron chi connectivity index (χ1n) is 12.3. The van der Waals surface area contributed by atoms with Crippen molar-refractivity contribution in [3.05, 3.63) is 76.9 Å². The SMILES string of the molecule is Cc1cc(C(F)(C(C)(F)F)C(F)(F)P)cc(OC(F)(F)F)c1-c1cccc(N(C)C(=O)c2ccc(C(C)(C)F)nc2)c1F. The Bertz CT molecular complexity index is 1490. The Hall–Kier alpha value is -3.41. The van der Waals surface area contributed by atoms with Crippen molar-refractivity contribution in [2.45, 2.75) is 57.0 Å². The predicted octanol–water partition coefficient (Wildman–Crippen LogP) is 8.86. The normalized spacial score (nSPS) is 14.3. The van der Waals surface area contributed by atoms with Crippen molar-refractivity contribution in [1.29, 1.82) is 0 Å². The lowest BCUT2D eigenvalue weighted by Gasteiger charge is -2.36. The fraction of sp³-hybridized carbons (Fsp3) is 0.357. The lowest BCUT2D eigenvalue weighted by atomic mass is 9.86. The average Bonchev–Trinajstić information content (AvgIpc) is 2.85. The third-order valence-corrected chi connectivity index (χ3v) is 6.92. The van der Waals surface area contributed by atoms with Gasteiger partial charge < -0.3 is 9.64 Å². The number of anilines is 1. The van der Waals surface area contributed by atoms with Crippen molar-refractivity contribution in [1.82, 2.24) is 4.98 Å². The Kier molecular flexibility index (Phi) is 8.93. The second-order valence-electron chi connectivity index (χ2n) is 10.3. The Morgan fingerprint density at radius 2 is 1.53 bits per heavy atom. The summed E-state index contributed by atoms with van der Waals surface area (Å²) >= 11 is 0. The second kappa shape index (κ2) is 11.3. The van der Waals surface area contributed by atoms with Gasteiger partial charge in [-0.15, -0.1) is 13.2 Å². The van der Waals surface area contributed by atoms with E-state index in [0.717, 1.165) is 43.3 Å². The number of aromatic nitrogens is 1. The molecule has 0 saturated carbocycles. The minimum absolute atomic E-state index is 0.00573. The Balaban J connectivity index is 2.20. The number of alkyl halides is 9. The monoisotopic (exact) mass is 642 g/mol. The standard InChI is InChI=1S/C28H25F10N2O2P/c1-14-11-16(26(33,25(4,31)32)27(34,35)43)12-19(42-28(36,37)38)21(14)17-7-6-8-18(22(17)29)40(5)23(41)15-9-10-20(39-13-15)24(2,3)30/h6-13H,43H2,1-5H3. The Morgan fingerprint density at radius 3 is 2.00 bits per heavy atom. The number of halogens is 10. The summed E-state index contributed by atoms with van der Waals surface area (Å²) in [6.45, 7) is 3.26. The maximum absolute atomic E-state index is 15.9. The summed E-state index contributed by atoms with van der Waals surface area (Å²) in [5, 5.41) is 0. The van der Waals surface area contributed by atoms with E-state index in [1.54, 1.807) is 0 Å². The number of rotatable bonds is 8. The van der Waals surface area contributed by atoms with Crippen LogP contribution in [-0.2, 0) is 11.3 Å². The first kappa shape index (κ1) is 34.1. The van der Waals surface area contributed by atoms with Crippen molar-refractivity contribution in [3.8, 4) is 16.9 Å². The first-order valence-corrected chi connectivity index (χ1v) is 12.8. The molecule has 0 fully saturated rings. The van der Waals surface area contributed by atoms with Gasteiger partial charge in [-0.25, -0.2) is 22.0 Å². The van der Waals surface area contributed by atoms with E-state index in [0.29, 0.717) is 15.3 Å². The quantitative estimate of drug-likeness (QED) is 0.182. The van der Waals surface area contributed by atoms with Crippen molar-refractivity contribution >= 4 is 20.8 Å². The number of carbonyl (C=O) groups is 1. The molecule has 0 aliphatic carbocycles. The predicted molar refractivity (Wildman–Crippen MR) is 142 cm³/mol. The highest BCUT2D eigenvalue weighted by atomic mass is 31.0. The average molecular weight is 642 g/mol. The first-order chi connectivity index (χ1) is 19.4. The highest BCUT2D eigenvalue weighted by molar-refractivity contribution is 7.18. The molecule has 1 aromatic heterocycles. The molecule has 234 valence electrons. The highest BCUT2D eigenvalue weighted by Gasteiger charge is 2.66. The zero-order valence-electron chi connectivity index (χ0n) is 23.2. The molecule has 3 rings (SSSR count). The molecule has 15 heteroatoms. The molecule has 43 heavy (non-hydrogen) atoms. The molecule has 0 bridgehead atoms. The summed E-state index contributed by atoms with van der Waals surface area (Å²) in [6, 6.07) is 6.12. The van der Waals surface area contributed by atoms with Crippen LogP contribution in [0.25, 0.3) is 11.1 Å². The third kappa shape index (κ3) is 6.73. The second-order valence-corrected chi connectivity index (χ2v) is 11.0. The number of hydrogen-bond acceptors (Lipinski definition) is 3. The number of nitrogens with zero attached hydrogens (tertiary/aromatic N) is 2. The van der Waals surface area contributed by atoms with Gasteiger partial charge in [-0.1, -0.05) is 27.4 Å². The number of benzene rings is 2. The molecular weight excluding hydrogens is 617 g/mol. The van der Waals surface area contributed by atoms with Gasteiger partial charge in [0.25, 0.3) is 17.5 Å². The number of aryl methyl sites for hydroxylation is 1. The van der Waals surface area contributed by atoms with Gasteiger partial charge in [0.05, 0.1) is 16.9 Å². The summed E-state index contributed by atoms with van der Waals surface area (Å²) < 4.78 is 146. The van der Waals surface area contributed by atoms with Crippen LogP contribution in [0.1, 0.15) is 48.0 Å². The van der Waals surface area contributed by atoms with Gasteiger partial charge in [0, 0.05) is 36.9 Å². The maximum Gasteiger partial charge on any atom is 0.573 e. The molecule has 3 aromatic rings. The molecule has 0 aliphatic rings. The molecule has 2 aromatic carbocycles. The van der Waals surface area contributed by atoms with Gasteiger partial charge in [-0.05, 0) is 50.6 Å². The number of carbonyl (C=O) groups excluding carboxylic acids is 1.